The number of aryl methyl sites for hydroxylation is 1. The highest BCUT2D eigenvalue weighted by Gasteiger charge is 2.14. The van der Waals surface area contributed by atoms with E-state index in [0.29, 0.717) is 36.9 Å². The smallest absolute Gasteiger partial charge is 0.373 e. The standard InChI is InChI=1S/C39H50N2O4.CO2.2CH4/c1-9-31-13-15-32(16-14-31)19-23-35-29-38(45-28-12-26-41(6,7)8)36(30-37(35)44-27-11-25-40(3,4)5)24-20-33-17-21-34(22-18-33)39(42)43-10-2;2-1-3;;/h13-18,21-22,29-30H,9-12,25-28H2,1-8H3;;2*1H4/q+2;;;. The Morgan fingerprint density at radius 1 is 0.640 bits per heavy atom. The van der Waals surface area contributed by atoms with Crippen LogP contribution in [0.1, 0.15) is 79.7 Å². The molecule has 3 aromatic rings. The Morgan fingerprint density at radius 2 is 1.04 bits per heavy atom. The molecule has 0 aliphatic heterocycles. The summed E-state index contributed by atoms with van der Waals surface area (Å²) in [6.45, 7) is 7.39. The van der Waals surface area contributed by atoms with E-state index in [1.165, 1.54) is 5.56 Å². The second-order valence-corrected chi connectivity index (χ2v) is 13.2. The van der Waals surface area contributed by atoms with Crippen molar-refractivity contribution in [1.29, 1.82) is 0 Å². The minimum absolute atomic E-state index is 0. The highest BCUT2D eigenvalue weighted by molar-refractivity contribution is 5.89. The first-order chi connectivity index (χ1) is 22.8. The van der Waals surface area contributed by atoms with Gasteiger partial charge in [-0.3, -0.25) is 0 Å². The Balaban J connectivity index is 0.00000463. The van der Waals surface area contributed by atoms with Crippen molar-refractivity contribution >= 4 is 12.1 Å². The minimum Gasteiger partial charge on any atom is -0.492 e. The molecule has 0 aliphatic rings. The lowest BCUT2D eigenvalue weighted by Crippen LogP contribution is -2.36. The maximum Gasteiger partial charge on any atom is 0.373 e. The zero-order chi connectivity index (χ0) is 35.6. The van der Waals surface area contributed by atoms with Crippen LogP contribution in [0, 0.1) is 23.7 Å². The quantitative estimate of drug-likeness (QED) is 0.0846. The second-order valence-electron chi connectivity index (χ2n) is 13.2. The fraction of sp³-hybridized carbons (Fsp3) is 0.429. The summed E-state index contributed by atoms with van der Waals surface area (Å²) in [4.78, 5) is 28.3. The number of carbonyl (C=O) groups excluding carboxylic acids is 3. The van der Waals surface area contributed by atoms with E-state index in [1.807, 2.05) is 24.3 Å². The molecule has 270 valence electrons. The summed E-state index contributed by atoms with van der Waals surface area (Å²) in [6.07, 6.45) is 3.05. The number of esters is 1. The van der Waals surface area contributed by atoms with E-state index in [0.717, 1.165) is 63.6 Å². The van der Waals surface area contributed by atoms with Gasteiger partial charge in [-0.2, -0.15) is 9.59 Å². The van der Waals surface area contributed by atoms with Crippen molar-refractivity contribution in [1.82, 2.24) is 0 Å². The first-order valence-corrected chi connectivity index (χ1v) is 16.2. The molecule has 8 nitrogen and oxygen atoms in total. The predicted molar refractivity (Wildman–Crippen MR) is 201 cm³/mol. The van der Waals surface area contributed by atoms with E-state index in [-0.39, 0.29) is 27.0 Å². The zero-order valence-corrected chi connectivity index (χ0v) is 29.8. The molecule has 0 aliphatic carbocycles. The molecule has 3 rings (SSSR count). The predicted octanol–water partition coefficient (Wildman–Crippen LogP) is 6.86. The summed E-state index contributed by atoms with van der Waals surface area (Å²) in [5.74, 6) is 14.2. The highest BCUT2D eigenvalue weighted by Crippen LogP contribution is 2.29. The number of hydrogen-bond acceptors (Lipinski definition) is 6. The molecule has 0 heterocycles. The highest BCUT2D eigenvalue weighted by atomic mass is 16.5. The van der Waals surface area contributed by atoms with Gasteiger partial charge in [0.25, 0.3) is 0 Å². The summed E-state index contributed by atoms with van der Waals surface area (Å²) in [5.41, 5.74) is 5.01. The molecule has 0 atom stereocenters. The van der Waals surface area contributed by atoms with Crippen LogP contribution in [0.25, 0.3) is 0 Å². The Morgan fingerprint density at radius 3 is 1.40 bits per heavy atom. The van der Waals surface area contributed by atoms with Gasteiger partial charge in [-0.25, -0.2) is 4.79 Å². The zero-order valence-electron chi connectivity index (χ0n) is 29.8. The first-order valence-electron chi connectivity index (χ1n) is 16.2. The van der Waals surface area contributed by atoms with E-state index in [4.69, 9.17) is 23.8 Å². The maximum atomic E-state index is 12.1. The molecule has 0 unspecified atom stereocenters. The molecule has 8 heteroatoms. The molecule has 50 heavy (non-hydrogen) atoms. The topological polar surface area (TPSA) is 78.9 Å². The number of ether oxygens (including phenoxy) is 3. The molecule has 0 saturated heterocycles. The Labute approximate surface area is 301 Å². The molecular weight excluding hydrogens is 628 g/mol. The molecule has 0 fully saturated rings. The number of rotatable bonds is 13. The fourth-order valence-corrected chi connectivity index (χ4v) is 4.44. The lowest BCUT2D eigenvalue weighted by atomic mass is 10.1. The summed E-state index contributed by atoms with van der Waals surface area (Å²) >= 11 is 0. The lowest BCUT2D eigenvalue weighted by Gasteiger charge is -2.24. The van der Waals surface area contributed by atoms with Crippen LogP contribution in [-0.2, 0) is 20.7 Å². The second kappa shape index (κ2) is 22.7. The van der Waals surface area contributed by atoms with Crippen molar-refractivity contribution in [3.8, 4) is 35.2 Å². The summed E-state index contributed by atoms with van der Waals surface area (Å²) < 4.78 is 19.5. The van der Waals surface area contributed by atoms with Crippen molar-refractivity contribution in [2.45, 2.75) is 48.0 Å². The van der Waals surface area contributed by atoms with Gasteiger partial charge in [0.15, 0.2) is 0 Å². The van der Waals surface area contributed by atoms with Gasteiger partial charge in [-0.1, -0.05) is 57.6 Å². The van der Waals surface area contributed by atoms with Crippen LogP contribution in [0.4, 0.5) is 0 Å². The van der Waals surface area contributed by atoms with Crippen molar-refractivity contribution in [3.63, 3.8) is 0 Å². The van der Waals surface area contributed by atoms with E-state index < -0.39 is 0 Å². The average Bonchev–Trinajstić information content (AvgIpc) is 3.04. The van der Waals surface area contributed by atoms with Gasteiger partial charge in [0.05, 0.1) is 91.9 Å². The number of hydrogen-bond donors (Lipinski definition) is 0. The van der Waals surface area contributed by atoms with Gasteiger partial charge < -0.3 is 23.2 Å². The Hall–Kier alpha value is -4.85. The van der Waals surface area contributed by atoms with Gasteiger partial charge >= 0.3 is 12.1 Å². The Kier molecular flexibility index (Phi) is 20.5. The van der Waals surface area contributed by atoms with E-state index >= 15 is 0 Å². The number of carbonyl (C=O) groups is 1. The largest absolute Gasteiger partial charge is 0.492 e. The third-order valence-electron chi connectivity index (χ3n) is 6.98. The van der Waals surface area contributed by atoms with Crippen LogP contribution in [-0.4, -0.2) is 96.3 Å². The van der Waals surface area contributed by atoms with Crippen molar-refractivity contribution in [3.05, 3.63) is 94.0 Å². The molecule has 0 spiro atoms. The van der Waals surface area contributed by atoms with Crippen LogP contribution < -0.4 is 9.47 Å². The van der Waals surface area contributed by atoms with Crippen molar-refractivity contribution in [2.24, 2.45) is 0 Å². The van der Waals surface area contributed by atoms with Crippen LogP contribution >= 0.6 is 0 Å². The molecular formula is C42H58N2O6+2. The SMILES string of the molecule is C.C.CCOC(=O)c1ccc(C#Cc2cc(OCCC[N+](C)(C)C)c(C#Cc3ccc(CC)cc3)cc2OCCC[N+](C)(C)C)cc1.O=C=O. The monoisotopic (exact) mass is 686 g/mol. The van der Waals surface area contributed by atoms with Gasteiger partial charge in [0.1, 0.15) is 11.5 Å². The maximum absolute atomic E-state index is 12.1. The van der Waals surface area contributed by atoms with Crippen LogP contribution in [0.5, 0.6) is 11.5 Å². The molecule has 0 amide bonds. The van der Waals surface area contributed by atoms with Gasteiger partial charge in [-0.05, 0) is 55.3 Å². The summed E-state index contributed by atoms with van der Waals surface area (Å²) in [7, 11) is 13.1. The third kappa shape index (κ3) is 17.5. The number of benzene rings is 3. The van der Waals surface area contributed by atoms with Crippen molar-refractivity contribution < 1.29 is 37.6 Å². The van der Waals surface area contributed by atoms with Crippen LogP contribution in [0.15, 0.2) is 60.7 Å². The van der Waals surface area contributed by atoms with Crippen molar-refractivity contribution in [2.75, 3.05) is 75.2 Å². The summed E-state index contributed by atoms with van der Waals surface area (Å²) in [5, 5.41) is 0. The van der Waals surface area contributed by atoms with E-state index in [1.54, 1.807) is 19.1 Å². The van der Waals surface area contributed by atoms with E-state index in [9.17, 15) is 4.79 Å². The fourth-order valence-electron chi connectivity index (χ4n) is 4.44. The van der Waals surface area contributed by atoms with Gasteiger partial charge in [-0.15, -0.1) is 0 Å². The average molecular weight is 687 g/mol. The molecule has 3 aromatic carbocycles. The Bertz CT molecular complexity index is 1620. The molecule has 0 bridgehead atoms. The van der Waals surface area contributed by atoms with E-state index in [2.05, 4.69) is 97.2 Å². The first kappa shape index (κ1) is 45.2. The summed E-state index contributed by atoms with van der Waals surface area (Å²) in [6, 6.07) is 19.4. The molecule has 0 aromatic heterocycles. The third-order valence-corrected chi connectivity index (χ3v) is 6.98. The van der Waals surface area contributed by atoms with Gasteiger partial charge in [0, 0.05) is 36.1 Å². The minimum atomic E-state index is -0.341. The van der Waals surface area contributed by atoms with Crippen LogP contribution in [0.3, 0.4) is 0 Å². The number of quaternary nitrogens is 2. The molecule has 0 saturated carbocycles. The molecule has 0 N–H and O–H groups in total. The molecule has 0 radical (unpaired) electrons. The number of nitrogens with zero attached hydrogens (tertiary/aromatic N) is 2. The normalized spacial score (nSPS) is 10.2. The lowest BCUT2D eigenvalue weighted by molar-refractivity contribution is -0.870. The van der Waals surface area contributed by atoms with Gasteiger partial charge in [0.2, 0.25) is 0 Å². The van der Waals surface area contributed by atoms with Crippen LogP contribution in [0.2, 0.25) is 0 Å².